The van der Waals surface area contributed by atoms with E-state index in [2.05, 4.69) is 74.6 Å². The molecule has 78 heavy (non-hydrogen) atoms. The van der Waals surface area contributed by atoms with Crippen LogP contribution in [0.3, 0.4) is 0 Å². The zero-order valence-corrected chi connectivity index (χ0v) is 52.1. The van der Waals surface area contributed by atoms with E-state index in [9.17, 15) is 19.0 Å². The molecule has 0 aromatic carbocycles. The van der Waals surface area contributed by atoms with E-state index in [0.717, 1.165) is 83.5 Å². The Morgan fingerprint density at radius 2 is 0.705 bits per heavy atom. The molecule has 0 rings (SSSR count). The number of unbranched alkanes of at least 4 members (excludes halogenated alkanes) is 40. The molecule has 456 valence electrons. The van der Waals surface area contributed by atoms with Crippen molar-refractivity contribution < 1.29 is 37.6 Å². The van der Waals surface area contributed by atoms with Crippen LogP contribution in [-0.4, -0.2) is 49.3 Å². The van der Waals surface area contributed by atoms with Gasteiger partial charge in [-0.1, -0.05) is 319 Å². The van der Waals surface area contributed by atoms with Crippen molar-refractivity contribution >= 4 is 19.8 Å². The van der Waals surface area contributed by atoms with Gasteiger partial charge in [0.1, 0.15) is 6.61 Å². The quantitative estimate of drug-likeness (QED) is 0.0264. The van der Waals surface area contributed by atoms with Crippen LogP contribution in [0.2, 0.25) is 0 Å². The summed E-state index contributed by atoms with van der Waals surface area (Å²) in [7, 11) is -4.40. The molecular weight excluding hydrogens is 990 g/mol. The number of allylic oxidation sites excluding steroid dienone is 10. The van der Waals surface area contributed by atoms with E-state index < -0.39 is 26.5 Å². The number of hydrogen-bond acceptors (Lipinski definition) is 8. The van der Waals surface area contributed by atoms with Crippen LogP contribution >= 0.6 is 7.82 Å². The van der Waals surface area contributed by atoms with Gasteiger partial charge >= 0.3 is 19.8 Å². The average Bonchev–Trinajstić information content (AvgIpc) is 3.43. The van der Waals surface area contributed by atoms with Gasteiger partial charge in [0.25, 0.3) is 0 Å². The fraction of sp³-hybridized carbons (Fsp3) is 0.824. The van der Waals surface area contributed by atoms with Crippen molar-refractivity contribution in [2.45, 2.75) is 335 Å². The number of phosphoric ester groups is 1. The SMILES string of the molecule is CC/C=C\C/C=C\C/C=C\C/C=C\C/C=C\CCCCCCCC(=O)OC(COC(=O)CCCCCCCCCCCCCCCCCCCCCCCCCCCCCCCCCCCCCC)COP(=O)(O)OCCN. The van der Waals surface area contributed by atoms with Crippen LogP contribution in [0.25, 0.3) is 0 Å². The summed E-state index contributed by atoms with van der Waals surface area (Å²) in [5, 5.41) is 0. The second kappa shape index (κ2) is 63.9. The molecule has 3 N–H and O–H groups in total. The Bertz CT molecular complexity index is 1460. The van der Waals surface area contributed by atoms with Crippen molar-refractivity contribution in [1.82, 2.24) is 0 Å². The molecule has 2 unspecified atom stereocenters. The summed E-state index contributed by atoms with van der Waals surface area (Å²) in [5.74, 6) is -0.839. The summed E-state index contributed by atoms with van der Waals surface area (Å²) in [4.78, 5) is 35.3. The number of hydrogen-bond donors (Lipinski definition) is 2. The molecule has 0 saturated carbocycles. The molecule has 0 aromatic heterocycles. The van der Waals surface area contributed by atoms with Crippen molar-refractivity contribution in [3.63, 3.8) is 0 Å². The minimum absolute atomic E-state index is 0.0487. The highest BCUT2D eigenvalue weighted by molar-refractivity contribution is 7.47. The average molecular weight is 1120 g/mol. The molecule has 2 atom stereocenters. The molecule has 0 amide bonds. The van der Waals surface area contributed by atoms with Gasteiger partial charge in [0, 0.05) is 19.4 Å². The first-order valence-electron chi connectivity index (χ1n) is 33.3. The van der Waals surface area contributed by atoms with E-state index in [1.807, 2.05) is 0 Å². The number of nitrogens with two attached hydrogens (primary N) is 1. The Morgan fingerprint density at radius 1 is 0.397 bits per heavy atom. The van der Waals surface area contributed by atoms with Gasteiger partial charge in [-0.05, 0) is 57.8 Å². The summed E-state index contributed by atoms with van der Waals surface area (Å²) >= 11 is 0. The van der Waals surface area contributed by atoms with Crippen molar-refractivity contribution in [2.75, 3.05) is 26.4 Å². The predicted octanol–water partition coefficient (Wildman–Crippen LogP) is 21.5. The number of carbonyl (C=O) groups is 2. The summed E-state index contributed by atoms with van der Waals surface area (Å²) < 4.78 is 33.1. The number of carbonyl (C=O) groups excluding carboxylic acids is 2. The summed E-state index contributed by atoms with van der Waals surface area (Å²) in [6.45, 7) is 3.65. The molecule has 0 aliphatic heterocycles. The summed E-state index contributed by atoms with van der Waals surface area (Å²) in [5.41, 5.74) is 5.39. The minimum Gasteiger partial charge on any atom is -0.462 e. The summed E-state index contributed by atoms with van der Waals surface area (Å²) in [6, 6.07) is 0. The monoisotopic (exact) mass is 1120 g/mol. The van der Waals surface area contributed by atoms with Crippen LogP contribution in [0.5, 0.6) is 0 Å². The molecule has 0 heterocycles. The fourth-order valence-corrected chi connectivity index (χ4v) is 10.6. The first-order valence-corrected chi connectivity index (χ1v) is 34.8. The molecule has 0 aromatic rings. The molecule has 10 heteroatoms. The van der Waals surface area contributed by atoms with Gasteiger partial charge in [-0.15, -0.1) is 0 Å². The molecular formula is C68H126NO8P. The molecule has 0 bridgehead atoms. The third-order valence-electron chi connectivity index (χ3n) is 14.7. The lowest BCUT2D eigenvalue weighted by molar-refractivity contribution is -0.161. The number of esters is 2. The van der Waals surface area contributed by atoms with E-state index in [-0.39, 0.29) is 38.6 Å². The Balaban J connectivity index is 3.82. The third kappa shape index (κ3) is 62.9. The maximum Gasteiger partial charge on any atom is 0.472 e. The van der Waals surface area contributed by atoms with Crippen molar-refractivity contribution in [3.8, 4) is 0 Å². The first-order chi connectivity index (χ1) is 38.3. The normalized spacial score (nSPS) is 13.3. The second-order valence-corrected chi connectivity index (χ2v) is 23.8. The van der Waals surface area contributed by atoms with E-state index in [1.54, 1.807) is 0 Å². The lowest BCUT2D eigenvalue weighted by Crippen LogP contribution is -2.29. The van der Waals surface area contributed by atoms with E-state index in [1.165, 1.54) is 212 Å². The van der Waals surface area contributed by atoms with Crippen LogP contribution in [0.1, 0.15) is 328 Å². The molecule has 0 saturated heterocycles. The molecule has 0 aliphatic rings. The maximum atomic E-state index is 12.7. The lowest BCUT2D eigenvalue weighted by Gasteiger charge is -2.19. The first kappa shape index (κ1) is 75.7. The van der Waals surface area contributed by atoms with Crippen LogP contribution in [0.4, 0.5) is 0 Å². The van der Waals surface area contributed by atoms with Crippen LogP contribution < -0.4 is 5.73 Å². The highest BCUT2D eigenvalue weighted by Crippen LogP contribution is 2.43. The van der Waals surface area contributed by atoms with Crippen molar-refractivity contribution in [2.24, 2.45) is 5.73 Å². The minimum atomic E-state index is -4.40. The number of ether oxygens (including phenoxy) is 2. The molecule has 0 fully saturated rings. The Kier molecular flexibility index (Phi) is 62.0. The van der Waals surface area contributed by atoms with Crippen molar-refractivity contribution in [1.29, 1.82) is 0 Å². The van der Waals surface area contributed by atoms with E-state index in [4.69, 9.17) is 24.3 Å². The summed E-state index contributed by atoms with van der Waals surface area (Å²) in [6.07, 6.45) is 81.8. The Hall–Kier alpha value is -2.29. The smallest absolute Gasteiger partial charge is 0.462 e. The zero-order valence-electron chi connectivity index (χ0n) is 51.2. The van der Waals surface area contributed by atoms with E-state index >= 15 is 0 Å². The van der Waals surface area contributed by atoms with Gasteiger partial charge in [0.05, 0.1) is 13.2 Å². The van der Waals surface area contributed by atoms with Gasteiger partial charge in [0.15, 0.2) is 6.10 Å². The topological polar surface area (TPSA) is 134 Å². The van der Waals surface area contributed by atoms with Crippen molar-refractivity contribution in [3.05, 3.63) is 60.8 Å². The van der Waals surface area contributed by atoms with Crippen LogP contribution in [0.15, 0.2) is 60.8 Å². The van der Waals surface area contributed by atoms with Crippen LogP contribution in [-0.2, 0) is 32.7 Å². The predicted molar refractivity (Wildman–Crippen MR) is 335 cm³/mol. The van der Waals surface area contributed by atoms with Crippen LogP contribution in [0, 0.1) is 0 Å². The maximum absolute atomic E-state index is 12.7. The molecule has 0 radical (unpaired) electrons. The Labute approximate surface area is 482 Å². The van der Waals surface area contributed by atoms with Gasteiger partial charge < -0.3 is 20.1 Å². The zero-order chi connectivity index (χ0) is 56.6. The highest BCUT2D eigenvalue weighted by atomic mass is 31.2. The fourth-order valence-electron chi connectivity index (χ4n) is 9.79. The second-order valence-electron chi connectivity index (χ2n) is 22.3. The standard InChI is InChI=1S/C68H126NO8P/c1-3-5-7-9-11-13-15-17-19-21-23-25-26-27-28-29-30-31-32-33-34-35-36-37-38-39-41-42-44-46-48-50-52-54-56-58-60-67(70)74-64-66(65-76-78(72,73)75-63-62-69)77-68(71)61-59-57-55-53-51-49-47-45-43-40-24-22-20-18-16-14-12-10-8-6-4-2/h6,8,12,14,18,20,24,40,45,47,66H,3-5,7,9-11,13,15-17,19,21-23,25-39,41-44,46,48-65,69H2,1-2H3,(H,72,73)/b8-6-,14-12-,20-18-,40-24-,47-45-. The van der Waals surface area contributed by atoms with Gasteiger partial charge in [-0.3, -0.25) is 18.6 Å². The highest BCUT2D eigenvalue weighted by Gasteiger charge is 2.26. The molecule has 0 aliphatic carbocycles. The lowest BCUT2D eigenvalue weighted by atomic mass is 10.0. The van der Waals surface area contributed by atoms with Gasteiger partial charge in [0.2, 0.25) is 0 Å². The number of phosphoric acid groups is 1. The van der Waals surface area contributed by atoms with Gasteiger partial charge in [-0.2, -0.15) is 0 Å². The molecule has 0 spiro atoms. The van der Waals surface area contributed by atoms with Gasteiger partial charge in [-0.25, -0.2) is 4.57 Å². The molecule has 9 nitrogen and oxygen atoms in total. The largest absolute Gasteiger partial charge is 0.472 e. The van der Waals surface area contributed by atoms with E-state index in [0.29, 0.717) is 6.42 Å². The number of rotatable bonds is 63. The Morgan fingerprint density at radius 3 is 1.05 bits per heavy atom. The third-order valence-corrected chi connectivity index (χ3v) is 15.7.